The standard InChI is InChI=1S/C23H24BrN5O2S.ClH/c1-16-21(28-9-3-2-5-20(28)25-16)22(30)29(10-4-8-27-11-13-31-14-12-27)23-26-18-7-6-17(24)15-19(18)32-23;/h2-3,5-7,9,15H,4,8,10-14H2,1H3;1H. The summed E-state index contributed by atoms with van der Waals surface area (Å²) in [4.78, 5) is 27.5. The number of aryl methyl sites for hydroxylation is 1. The first kappa shape index (κ1) is 24.1. The van der Waals surface area contributed by atoms with Crippen LogP contribution in [0.25, 0.3) is 15.9 Å². The third-order valence-corrected chi connectivity index (χ3v) is 7.22. The van der Waals surface area contributed by atoms with Gasteiger partial charge in [-0.1, -0.05) is 33.3 Å². The van der Waals surface area contributed by atoms with Crippen molar-refractivity contribution in [2.75, 3.05) is 44.3 Å². The van der Waals surface area contributed by atoms with Crippen LogP contribution in [0.4, 0.5) is 5.13 Å². The van der Waals surface area contributed by atoms with E-state index in [9.17, 15) is 4.79 Å². The van der Waals surface area contributed by atoms with Crippen molar-refractivity contribution in [3.8, 4) is 0 Å². The number of pyridine rings is 1. The summed E-state index contributed by atoms with van der Waals surface area (Å²) in [5, 5.41) is 0.718. The van der Waals surface area contributed by atoms with Crippen LogP contribution in [0, 0.1) is 6.92 Å². The van der Waals surface area contributed by atoms with Gasteiger partial charge in [-0.3, -0.25) is 19.0 Å². The molecule has 1 aliphatic heterocycles. The van der Waals surface area contributed by atoms with Gasteiger partial charge < -0.3 is 4.74 Å². The fourth-order valence-electron chi connectivity index (χ4n) is 4.06. The number of anilines is 1. The molecule has 3 aromatic heterocycles. The van der Waals surface area contributed by atoms with Gasteiger partial charge in [-0.2, -0.15) is 0 Å². The number of aromatic nitrogens is 3. The molecule has 4 aromatic rings. The molecule has 10 heteroatoms. The minimum Gasteiger partial charge on any atom is -0.379 e. The normalized spacial score (nSPS) is 14.5. The summed E-state index contributed by atoms with van der Waals surface area (Å²) in [6.07, 6.45) is 2.76. The number of morpholine rings is 1. The second kappa shape index (κ2) is 10.5. The van der Waals surface area contributed by atoms with E-state index < -0.39 is 0 Å². The third kappa shape index (κ3) is 5.07. The zero-order valence-corrected chi connectivity index (χ0v) is 21.5. The van der Waals surface area contributed by atoms with Crippen molar-refractivity contribution in [2.24, 2.45) is 0 Å². The molecule has 0 unspecified atom stereocenters. The van der Waals surface area contributed by atoms with E-state index in [4.69, 9.17) is 9.72 Å². The number of amides is 1. The number of nitrogens with zero attached hydrogens (tertiary/aromatic N) is 5. The van der Waals surface area contributed by atoms with Crippen molar-refractivity contribution >= 4 is 66.6 Å². The smallest absolute Gasteiger partial charge is 0.278 e. The SMILES string of the molecule is Cc1nc2ccccn2c1C(=O)N(CCCN1CCOCC1)c1nc2ccc(Br)cc2s1.Cl. The van der Waals surface area contributed by atoms with Crippen molar-refractivity contribution in [3.63, 3.8) is 0 Å². The van der Waals surface area contributed by atoms with Crippen molar-refractivity contribution in [3.05, 3.63) is 58.5 Å². The molecule has 4 heterocycles. The molecular weight excluding hydrogens is 526 g/mol. The highest BCUT2D eigenvalue weighted by molar-refractivity contribution is 9.10. The Bertz CT molecular complexity index is 1270. The van der Waals surface area contributed by atoms with Gasteiger partial charge in [0.05, 0.1) is 29.1 Å². The lowest BCUT2D eigenvalue weighted by molar-refractivity contribution is 0.0376. The number of carbonyl (C=O) groups excluding carboxylic acids is 1. The molecule has 1 amide bonds. The first-order chi connectivity index (χ1) is 15.6. The first-order valence-electron chi connectivity index (χ1n) is 10.7. The summed E-state index contributed by atoms with van der Waals surface area (Å²) in [6.45, 7) is 6.84. The van der Waals surface area contributed by atoms with Crippen molar-refractivity contribution in [1.29, 1.82) is 0 Å². The summed E-state index contributed by atoms with van der Waals surface area (Å²) < 4.78 is 9.38. The zero-order valence-electron chi connectivity index (χ0n) is 18.2. The summed E-state index contributed by atoms with van der Waals surface area (Å²) >= 11 is 5.08. The van der Waals surface area contributed by atoms with Crippen molar-refractivity contribution in [1.82, 2.24) is 19.3 Å². The number of halogens is 2. The fourth-order valence-corrected chi connectivity index (χ4v) is 5.60. The fraction of sp³-hybridized carbons (Fsp3) is 0.348. The molecule has 1 fully saturated rings. The van der Waals surface area contributed by atoms with E-state index in [0.29, 0.717) is 12.2 Å². The number of imidazole rings is 1. The predicted molar refractivity (Wildman–Crippen MR) is 138 cm³/mol. The highest BCUT2D eigenvalue weighted by atomic mass is 79.9. The monoisotopic (exact) mass is 549 g/mol. The zero-order chi connectivity index (χ0) is 22.1. The Balaban J connectivity index is 0.00000259. The highest BCUT2D eigenvalue weighted by Crippen LogP contribution is 2.32. The topological polar surface area (TPSA) is 63.0 Å². The van der Waals surface area contributed by atoms with Crippen molar-refractivity contribution < 1.29 is 9.53 Å². The molecule has 5 rings (SSSR count). The van der Waals surface area contributed by atoms with Gasteiger partial charge in [0.2, 0.25) is 0 Å². The Labute approximate surface area is 210 Å². The van der Waals surface area contributed by atoms with Crippen LogP contribution in [0.1, 0.15) is 22.6 Å². The van der Waals surface area contributed by atoms with Crippen molar-refractivity contribution in [2.45, 2.75) is 13.3 Å². The Morgan fingerprint density at radius 1 is 1.21 bits per heavy atom. The molecule has 0 saturated carbocycles. The molecule has 0 radical (unpaired) electrons. The maximum atomic E-state index is 13.9. The van der Waals surface area contributed by atoms with E-state index in [1.54, 1.807) is 11.3 Å². The molecule has 33 heavy (non-hydrogen) atoms. The highest BCUT2D eigenvalue weighted by Gasteiger charge is 2.26. The van der Waals surface area contributed by atoms with E-state index in [1.165, 1.54) is 0 Å². The summed E-state index contributed by atoms with van der Waals surface area (Å²) in [5.41, 5.74) is 2.99. The minimum absolute atomic E-state index is 0. The van der Waals surface area contributed by atoms with Gasteiger partial charge in [0.25, 0.3) is 5.91 Å². The molecular formula is C23H25BrClN5O2S. The maximum Gasteiger partial charge on any atom is 0.278 e. The second-order valence-corrected chi connectivity index (χ2v) is 9.77. The van der Waals surface area contributed by atoms with Crippen LogP contribution in [0.3, 0.4) is 0 Å². The van der Waals surface area contributed by atoms with Gasteiger partial charge in [0, 0.05) is 36.8 Å². The van der Waals surface area contributed by atoms with Crippen LogP contribution < -0.4 is 4.90 Å². The molecule has 1 saturated heterocycles. The van der Waals surface area contributed by atoms with Crippen LogP contribution in [0.5, 0.6) is 0 Å². The van der Waals surface area contributed by atoms with Gasteiger partial charge >= 0.3 is 0 Å². The Hall–Kier alpha value is -2.04. The Kier molecular flexibility index (Phi) is 7.65. The lowest BCUT2D eigenvalue weighted by Crippen LogP contribution is -2.39. The Morgan fingerprint density at radius 2 is 2.03 bits per heavy atom. The molecule has 0 N–H and O–H groups in total. The number of hydrogen-bond donors (Lipinski definition) is 0. The van der Waals surface area contributed by atoms with Gasteiger partial charge in [0.1, 0.15) is 11.3 Å². The molecule has 0 spiro atoms. The third-order valence-electron chi connectivity index (χ3n) is 5.68. The number of fused-ring (bicyclic) bond motifs is 2. The number of benzene rings is 1. The minimum atomic E-state index is -0.0682. The molecule has 7 nitrogen and oxygen atoms in total. The molecule has 0 atom stereocenters. The summed E-state index contributed by atoms with van der Waals surface area (Å²) in [7, 11) is 0. The Morgan fingerprint density at radius 3 is 2.85 bits per heavy atom. The van der Waals surface area contributed by atoms with Crippen LogP contribution in [0.2, 0.25) is 0 Å². The molecule has 0 aliphatic carbocycles. The average molecular weight is 551 g/mol. The van der Waals surface area contributed by atoms with Crippen LogP contribution in [0.15, 0.2) is 47.1 Å². The molecule has 174 valence electrons. The average Bonchev–Trinajstić information content (AvgIpc) is 3.36. The lowest BCUT2D eigenvalue weighted by atomic mass is 10.2. The first-order valence-corrected chi connectivity index (χ1v) is 12.3. The molecule has 0 bridgehead atoms. The van der Waals surface area contributed by atoms with Crippen LogP contribution >= 0.6 is 39.7 Å². The van der Waals surface area contributed by atoms with E-state index in [-0.39, 0.29) is 18.3 Å². The maximum absolute atomic E-state index is 13.9. The van der Waals surface area contributed by atoms with E-state index in [1.807, 2.05) is 58.8 Å². The number of ether oxygens (including phenoxy) is 1. The predicted octanol–water partition coefficient (Wildman–Crippen LogP) is 4.81. The number of hydrogen-bond acceptors (Lipinski definition) is 6. The number of thiazole rings is 1. The summed E-state index contributed by atoms with van der Waals surface area (Å²) in [6, 6.07) is 11.8. The largest absolute Gasteiger partial charge is 0.379 e. The van der Waals surface area contributed by atoms with Gasteiger partial charge in [-0.15, -0.1) is 12.4 Å². The molecule has 1 aliphatic rings. The lowest BCUT2D eigenvalue weighted by Gasteiger charge is -2.27. The van der Waals surface area contributed by atoms with Gasteiger partial charge in [0.15, 0.2) is 5.13 Å². The number of carbonyl (C=O) groups is 1. The van der Waals surface area contributed by atoms with Crippen LogP contribution in [-0.4, -0.2) is 64.6 Å². The van der Waals surface area contributed by atoms with Gasteiger partial charge in [-0.05, 0) is 43.7 Å². The van der Waals surface area contributed by atoms with E-state index in [2.05, 4.69) is 25.8 Å². The van der Waals surface area contributed by atoms with Gasteiger partial charge in [-0.25, -0.2) is 9.97 Å². The second-order valence-electron chi connectivity index (χ2n) is 7.85. The number of rotatable bonds is 6. The van der Waals surface area contributed by atoms with E-state index in [0.717, 1.165) is 70.4 Å². The summed E-state index contributed by atoms with van der Waals surface area (Å²) in [5.74, 6) is -0.0682. The van der Waals surface area contributed by atoms with Crippen LogP contribution in [-0.2, 0) is 4.74 Å². The van der Waals surface area contributed by atoms with E-state index >= 15 is 0 Å². The molecule has 1 aromatic carbocycles. The quantitative estimate of drug-likeness (QED) is 0.345.